The predicted octanol–water partition coefficient (Wildman–Crippen LogP) is 2.67. The van der Waals surface area contributed by atoms with Gasteiger partial charge in [-0.25, -0.2) is 0 Å². The molecular formula is C12H19N. The Morgan fingerprint density at radius 2 is 2.00 bits per heavy atom. The first-order chi connectivity index (χ1) is 6.00. The maximum Gasteiger partial charge on any atom is 0.0463 e. The summed E-state index contributed by atoms with van der Waals surface area (Å²) in [6, 6.07) is 0. The molecule has 0 aromatic heterocycles. The summed E-state index contributed by atoms with van der Waals surface area (Å²) >= 11 is 0. The molecule has 0 spiro atoms. The van der Waals surface area contributed by atoms with Crippen molar-refractivity contribution < 1.29 is 0 Å². The minimum Gasteiger partial charge on any atom is -0.310 e. The molecule has 0 radical (unpaired) electrons. The highest BCUT2D eigenvalue weighted by Crippen LogP contribution is 2.47. The van der Waals surface area contributed by atoms with Gasteiger partial charge < -0.3 is 5.32 Å². The van der Waals surface area contributed by atoms with Crippen LogP contribution in [0.5, 0.6) is 0 Å². The number of hydrogen-bond acceptors (Lipinski definition) is 1. The Bertz CT molecular complexity index is 275. The van der Waals surface area contributed by atoms with Crippen molar-refractivity contribution in [1.82, 2.24) is 5.32 Å². The molecule has 72 valence electrons. The molecular weight excluding hydrogens is 158 g/mol. The van der Waals surface area contributed by atoms with Crippen LogP contribution in [0, 0.1) is 5.41 Å². The quantitative estimate of drug-likeness (QED) is 0.516. The molecule has 0 aromatic rings. The molecule has 2 unspecified atom stereocenters. The zero-order valence-corrected chi connectivity index (χ0v) is 9.02. The molecule has 0 heterocycles. The van der Waals surface area contributed by atoms with Crippen molar-refractivity contribution in [3.63, 3.8) is 0 Å². The Hall–Kier alpha value is -0.820. The second-order valence-corrected chi connectivity index (χ2v) is 4.01. The number of rotatable bonds is 3. The predicted molar refractivity (Wildman–Crippen MR) is 58.7 cm³/mol. The van der Waals surface area contributed by atoms with Gasteiger partial charge in [0.05, 0.1) is 0 Å². The standard InChI is InChI=1S/C12H19N/c1-6-7-10(2)11(3)8-9-12(11,4)13-5/h6-9,13H,2H2,1,3-5H3/b7-6-. The summed E-state index contributed by atoms with van der Waals surface area (Å²) < 4.78 is 0. The van der Waals surface area contributed by atoms with Crippen LogP contribution in [0.1, 0.15) is 20.8 Å². The molecule has 13 heavy (non-hydrogen) atoms. The molecule has 1 rings (SSSR count). The average molecular weight is 177 g/mol. The Labute approximate surface area is 81.2 Å². The fraction of sp³-hybridized carbons (Fsp3) is 0.500. The molecule has 1 aliphatic rings. The Morgan fingerprint density at radius 1 is 1.38 bits per heavy atom. The van der Waals surface area contributed by atoms with E-state index in [0.29, 0.717) is 0 Å². The van der Waals surface area contributed by atoms with E-state index in [4.69, 9.17) is 0 Å². The lowest BCUT2D eigenvalue weighted by Gasteiger charge is -2.50. The Kier molecular flexibility index (Phi) is 2.49. The van der Waals surface area contributed by atoms with Crippen LogP contribution in [0.25, 0.3) is 0 Å². The van der Waals surface area contributed by atoms with Gasteiger partial charge in [-0.15, -0.1) is 0 Å². The van der Waals surface area contributed by atoms with Crippen molar-refractivity contribution in [2.45, 2.75) is 26.3 Å². The molecule has 1 heteroatoms. The van der Waals surface area contributed by atoms with Gasteiger partial charge in [0.15, 0.2) is 0 Å². The maximum absolute atomic E-state index is 4.10. The fourth-order valence-electron chi connectivity index (χ4n) is 1.74. The first kappa shape index (κ1) is 10.3. The van der Waals surface area contributed by atoms with Gasteiger partial charge >= 0.3 is 0 Å². The van der Waals surface area contributed by atoms with Crippen molar-refractivity contribution in [1.29, 1.82) is 0 Å². The van der Waals surface area contributed by atoms with Crippen LogP contribution in [-0.4, -0.2) is 12.6 Å². The van der Waals surface area contributed by atoms with Crippen LogP contribution < -0.4 is 5.32 Å². The van der Waals surface area contributed by atoms with Crippen molar-refractivity contribution in [3.8, 4) is 0 Å². The van der Waals surface area contributed by atoms with Crippen LogP contribution in [0.15, 0.2) is 36.5 Å². The van der Waals surface area contributed by atoms with E-state index >= 15 is 0 Å². The van der Waals surface area contributed by atoms with Crippen LogP contribution in [0.2, 0.25) is 0 Å². The maximum atomic E-state index is 4.10. The summed E-state index contributed by atoms with van der Waals surface area (Å²) in [6.45, 7) is 10.5. The summed E-state index contributed by atoms with van der Waals surface area (Å²) in [4.78, 5) is 0. The fourth-order valence-corrected chi connectivity index (χ4v) is 1.74. The zero-order chi connectivity index (χ0) is 10.1. The summed E-state index contributed by atoms with van der Waals surface area (Å²) in [5, 5.41) is 3.33. The molecule has 0 bridgehead atoms. The first-order valence-electron chi connectivity index (χ1n) is 4.71. The number of likely N-dealkylation sites (N-methyl/N-ethyl adjacent to an activating group) is 1. The summed E-state index contributed by atoms with van der Waals surface area (Å²) in [5.41, 5.74) is 1.28. The number of hydrogen-bond donors (Lipinski definition) is 1. The molecule has 2 atom stereocenters. The van der Waals surface area contributed by atoms with Crippen LogP contribution >= 0.6 is 0 Å². The van der Waals surface area contributed by atoms with E-state index in [1.807, 2.05) is 20.0 Å². The van der Waals surface area contributed by atoms with E-state index in [-0.39, 0.29) is 11.0 Å². The van der Waals surface area contributed by atoms with E-state index in [2.05, 4.69) is 44.0 Å². The van der Waals surface area contributed by atoms with Gasteiger partial charge in [-0.2, -0.15) is 0 Å². The van der Waals surface area contributed by atoms with E-state index in [9.17, 15) is 0 Å². The van der Waals surface area contributed by atoms with E-state index in [1.54, 1.807) is 0 Å². The summed E-state index contributed by atoms with van der Waals surface area (Å²) in [6.07, 6.45) is 8.53. The van der Waals surface area contributed by atoms with Crippen molar-refractivity contribution >= 4 is 0 Å². The molecule has 0 saturated carbocycles. The monoisotopic (exact) mass is 177 g/mol. The zero-order valence-electron chi connectivity index (χ0n) is 9.02. The first-order valence-corrected chi connectivity index (χ1v) is 4.71. The molecule has 1 aliphatic carbocycles. The lowest BCUT2D eigenvalue weighted by atomic mass is 9.59. The van der Waals surface area contributed by atoms with E-state index in [0.717, 1.165) is 5.57 Å². The molecule has 1 N–H and O–H groups in total. The highest BCUT2D eigenvalue weighted by atomic mass is 15.0. The van der Waals surface area contributed by atoms with Crippen molar-refractivity contribution in [2.24, 2.45) is 5.41 Å². The van der Waals surface area contributed by atoms with Gasteiger partial charge in [0.25, 0.3) is 0 Å². The average Bonchev–Trinajstić information content (AvgIpc) is 2.13. The molecule has 0 fully saturated rings. The van der Waals surface area contributed by atoms with Crippen molar-refractivity contribution in [3.05, 3.63) is 36.5 Å². The SMILES string of the molecule is C=C(/C=C\C)C1(C)C=CC1(C)NC. The molecule has 0 amide bonds. The Morgan fingerprint density at radius 3 is 2.31 bits per heavy atom. The van der Waals surface area contributed by atoms with Gasteiger partial charge in [-0.1, -0.05) is 30.9 Å². The normalized spacial score (nSPS) is 37.8. The third-order valence-electron chi connectivity index (χ3n) is 3.38. The number of allylic oxidation sites excluding steroid dienone is 2. The second kappa shape index (κ2) is 3.15. The Balaban J connectivity index is 2.92. The van der Waals surface area contributed by atoms with E-state index in [1.165, 1.54) is 0 Å². The molecule has 0 aliphatic heterocycles. The highest BCUT2D eigenvalue weighted by Gasteiger charge is 2.47. The smallest absolute Gasteiger partial charge is 0.0463 e. The van der Waals surface area contributed by atoms with Gasteiger partial charge in [0.1, 0.15) is 0 Å². The number of nitrogens with one attached hydrogen (secondary N) is 1. The molecule has 0 saturated heterocycles. The minimum atomic E-state index is 0.0591. The largest absolute Gasteiger partial charge is 0.310 e. The molecule has 0 aromatic carbocycles. The van der Waals surface area contributed by atoms with Crippen LogP contribution in [-0.2, 0) is 0 Å². The van der Waals surface area contributed by atoms with Crippen LogP contribution in [0.4, 0.5) is 0 Å². The lowest BCUT2D eigenvalue weighted by Crippen LogP contribution is -2.57. The third-order valence-corrected chi connectivity index (χ3v) is 3.38. The molecule has 1 nitrogen and oxygen atoms in total. The third kappa shape index (κ3) is 1.28. The van der Waals surface area contributed by atoms with Crippen molar-refractivity contribution in [2.75, 3.05) is 7.05 Å². The van der Waals surface area contributed by atoms with Gasteiger partial charge in [0.2, 0.25) is 0 Å². The highest BCUT2D eigenvalue weighted by molar-refractivity contribution is 5.43. The summed E-state index contributed by atoms with van der Waals surface area (Å²) in [7, 11) is 1.99. The van der Waals surface area contributed by atoms with Gasteiger partial charge in [-0.05, 0) is 33.4 Å². The second-order valence-electron chi connectivity index (χ2n) is 4.01. The lowest BCUT2D eigenvalue weighted by molar-refractivity contribution is 0.245. The minimum absolute atomic E-state index is 0.0591. The summed E-state index contributed by atoms with van der Waals surface area (Å²) in [5.74, 6) is 0. The topological polar surface area (TPSA) is 12.0 Å². The van der Waals surface area contributed by atoms with Gasteiger partial charge in [-0.3, -0.25) is 0 Å². The van der Waals surface area contributed by atoms with E-state index < -0.39 is 0 Å². The van der Waals surface area contributed by atoms with Gasteiger partial charge in [0, 0.05) is 11.0 Å². The van der Waals surface area contributed by atoms with Crippen LogP contribution in [0.3, 0.4) is 0 Å².